The number of nitrogens with one attached hydrogen (secondary N) is 3. The van der Waals surface area contributed by atoms with Crippen molar-refractivity contribution in [3.05, 3.63) is 22.6 Å². The summed E-state index contributed by atoms with van der Waals surface area (Å²) in [5.41, 5.74) is 0.369. The molecule has 1 unspecified atom stereocenters. The number of hydrogen-bond donors (Lipinski definition) is 3. The third-order valence-electron chi connectivity index (χ3n) is 3.00. The van der Waals surface area contributed by atoms with Crippen LogP contribution in [-0.4, -0.2) is 41.9 Å². The topological polar surface area (TPSA) is 88.1 Å². The molecule has 0 fully saturated rings. The third-order valence-corrected chi connectivity index (χ3v) is 3.00. The number of nitrogens with zero attached hydrogens (tertiary/aromatic N) is 2. The van der Waals surface area contributed by atoms with Crippen molar-refractivity contribution in [2.75, 3.05) is 25.5 Å². The number of rotatable bonds is 9. The summed E-state index contributed by atoms with van der Waals surface area (Å²) in [6.45, 7) is 5.46. The molecule has 0 aliphatic carbocycles. The lowest BCUT2D eigenvalue weighted by molar-refractivity contribution is -0.122. The van der Waals surface area contributed by atoms with Gasteiger partial charge in [0.1, 0.15) is 6.54 Å². The molecule has 0 spiro atoms. The van der Waals surface area contributed by atoms with E-state index >= 15 is 0 Å². The highest BCUT2D eigenvalue weighted by atomic mass is 16.2. The number of likely N-dealkylation sites (N-methyl/N-ethyl adjacent to an activating group) is 1. The molecule has 7 nitrogen and oxygen atoms in total. The van der Waals surface area contributed by atoms with Crippen LogP contribution in [0.25, 0.3) is 0 Å². The first kappa shape index (κ1) is 17.2. The molecule has 0 radical (unpaired) electrons. The van der Waals surface area contributed by atoms with Crippen molar-refractivity contribution in [1.82, 2.24) is 20.4 Å². The Bertz CT molecular complexity index is 500. The van der Waals surface area contributed by atoms with Crippen LogP contribution in [0.2, 0.25) is 0 Å². The second-order valence-corrected chi connectivity index (χ2v) is 5.03. The molecule has 0 saturated heterocycles. The lowest BCUT2D eigenvalue weighted by atomic mass is 10.2. The molecule has 3 N–H and O–H groups in total. The Morgan fingerprint density at radius 3 is 2.81 bits per heavy atom. The summed E-state index contributed by atoms with van der Waals surface area (Å²) in [5.74, 6) is -0.193. The van der Waals surface area contributed by atoms with Gasteiger partial charge < -0.3 is 16.0 Å². The van der Waals surface area contributed by atoms with Crippen LogP contribution in [0.15, 0.2) is 17.1 Å². The number of hydrogen-bond acceptors (Lipinski definition) is 5. The second kappa shape index (κ2) is 9.12. The summed E-state index contributed by atoms with van der Waals surface area (Å²) in [6.07, 6.45) is 3.48. The maximum absolute atomic E-state index is 11.9. The maximum Gasteiger partial charge on any atom is 0.269 e. The largest absolute Gasteiger partial charge is 0.382 e. The minimum Gasteiger partial charge on any atom is -0.382 e. The number of aromatic nitrogens is 2. The van der Waals surface area contributed by atoms with E-state index in [0.29, 0.717) is 12.2 Å². The predicted molar refractivity (Wildman–Crippen MR) is 83.4 cm³/mol. The van der Waals surface area contributed by atoms with Gasteiger partial charge in [-0.15, -0.1) is 0 Å². The van der Waals surface area contributed by atoms with E-state index in [0.717, 1.165) is 24.1 Å². The highest BCUT2D eigenvalue weighted by Crippen LogP contribution is 1.99. The zero-order chi connectivity index (χ0) is 15.7. The summed E-state index contributed by atoms with van der Waals surface area (Å²) >= 11 is 0. The van der Waals surface area contributed by atoms with Crippen molar-refractivity contribution in [1.29, 1.82) is 0 Å². The van der Waals surface area contributed by atoms with Crippen molar-refractivity contribution in [2.24, 2.45) is 0 Å². The molecular formula is C14H25N5O2. The highest BCUT2D eigenvalue weighted by molar-refractivity contribution is 5.75. The van der Waals surface area contributed by atoms with Gasteiger partial charge in [-0.25, -0.2) is 4.68 Å². The fraction of sp³-hybridized carbons (Fsp3) is 0.643. The molecule has 0 bridgehead atoms. The van der Waals surface area contributed by atoms with E-state index in [1.54, 1.807) is 6.20 Å². The fourth-order valence-corrected chi connectivity index (χ4v) is 1.94. The number of amides is 1. The molecule has 0 aromatic carbocycles. The van der Waals surface area contributed by atoms with E-state index in [9.17, 15) is 9.59 Å². The number of carbonyl (C=O) groups excluding carboxylic acids is 1. The SMILES string of the molecule is CCCC(C)NC(=O)Cn1ncc(NCCNC)cc1=O. The van der Waals surface area contributed by atoms with Crippen LogP contribution < -0.4 is 21.5 Å². The fourth-order valence-electron chi connectivity index (χ4n) is 1.94. The lowest BCUT2D eigenvalue weighted by Crippen LogP contribution is -2.38. The van der Waals surface area contributed by atoms with Gasteiger partial charge in [0, 0.05) is 25.2 Å². The Kier molecular flexibility index (Phi) is 7.45. The second-order valence-electron chi connectivity index (χ2n) is 5.03. The number of carbonyl (C=O) groups is 1. The molecule has 1 aromatic rings. The molecule has 1 amide bonds. The van der Waals surface area contributed by atoms with Crippen molar-refractivity contribution in [2.45, 2.75) is 39.3 Å². The monoisotopic (exact) mass is 295 g/mol. The van der Waals surface area contributed by atoms with Crippen LogP contribution in [-0.2, 0) is 11.3 Å². The molecule has 118 valence electrons. The maximum atomic E-state index is 11.9. The van der Waals surface area contributed by atoms with Gasteiger partial charge in [-0.1, -0.05) is 13.3 Å². The van der Waals surface area contributed by atoms with E-state index in [1.807, 2.05) is 14.0 Å². The summed E-state index contributed by atoms with van der Waals surface area (Å²) in [6, 6.07) is 1.56. The number of anilines is 1. The van der Waals surface area contributed by atoms with E-state index in [2.05, 4.69) is 28.0 Å². The van der Waals surface area contributed by atoms with Crippen molar-refractivity contribution in [3.63, 3.8) is 0 Å². The Labute approximate surface area is 125 Å². The first-order valence-electron chi connectivity index (χ1n) is 7.31. The molecule has 7 heteroatoms. The summed E-state index contributed by atoms with van der Waals surface area (Å²) < 4.78 is 1.16. The average Bonchev–Trinajstić information content (AvgIpc) is 2.42. The molecule has 0 saturated carbocycles. The van der Waals surface area contributed by atoms with Gasteiger partial charge >= 0.3 is 0 Å². The molecule has 1 aromatic heterocycles. The van der Waals surface area contributed by atoms with Crippen LogP contribution >= 0.6 is 0 Å². The average molecular weight is 295 g/mol. The molecule has 0 aliphatic heterocycles. The van der Waals surface area contributed by atoms with Crippen LogP contribution in [0.3, 0.4) is 0 Å². The molecule has 1 atom stereocenters. The van der Waals surface area contributed by atoms with Gasteiger partial charge in [0.05, 0.1) is 11.9 Å². The van der Waals surface area contributed by atoms with E-state index < -0.39 is 0 Å². The lowest BCUT2D eigenvalue weighted by Gasteiger charge is -2.13. The first-order valence-corrected chi connectivity index (χ1v) is 7.31. The molecule has 0 aliphatic rings. The van der Waals surface area contributed by atoms with Crippen molar-refractivity contribution in [3.8, 4) is 0 Å². The Morgan fingerprint density at radius 2 is 2.19 bits per heavy atom. The third kappa shape index (κ3) is 6.40. The van der Waals surface area contributed by atoms with Gasteiger partial charge in [-0.3, -0.25) is 9.59 Å². The predicted octanol–water partition coefficient (Wildman–Crippen LogP) is 0.179. The van der Waals surface area contributed by atoms with E-state index in [4.69, 9.17) is 0 Å². The molecule has 1 heterocycles. The Balaban J connectivity index is 2.56. The minimum atomic E-state index is -0.289. The quantitative estimate of drug-likeness (QED) is 0.566. The molecule has 1 rings (SSSR count). The van der Waals surface area contributed by atoms with Gasteiger partial charge in [0.2, 0.25) is 5.91 Å². The zero-order valence-electron chi connectivity index (χ0n) is 13.0. The Morgan fingerprint density at radius 1 is 1.43 bits per heavy atom. The zero-order valence-corrected chi connectivity index (χ0v) is 13.0. The van der Waals surface area contributed by atoms with Gasteiger partial charge in [0.25, 0.3) is 5.56 Å². The van der Waals surface area contributed by atoms with Crippen LogP contribution in [0.4, 0.5) is 5.69 Å². The van der Waals surface area contributed by atoms with E-state index in [-0.39, 0.29) is 24.1 Å². The van der Waals surface area contributed by atoms with Crippen LogP contribution in [0, 0.1) is 0 Å². The minimum absolute atomic E-state index is 0.0519. The normalized spacial score (nSPS) is 12.0. The molecular weight excluding hydrogens is 270 g/mol. The van der Waals surface area contributed by atoms with E-state index in [1.165, 1.54) is 6.07 Å². The first-order chi connectivity index (χ1) is 10.1. The Hall–Kier alpha value is -1.89. The van der Waals surface area contributed by atoms with Gasteiger partial charge in [-0.05, 0) is 20.4 Å². The summed E-state index contributed by atoms with van der Waals surface area (Å²) in [7, 11) is 1.86. The highest BCUT2D eigenvalue weighted by Gasteiger charge is 2.09. The standard InChI is InChI=1S/C14H25N5O2/c1-4-5-11(2)18-13(20)10-19-14(21)8-12(9-17-19)16-7-6-15-3/h8-9,11,15-16H,4-7,10H2,1-3H3,(H,18,20). The summed E-state index contributed by atoms with van der Waals surface area (Å²) in [4.78, 5) is 23.7. The van der Waals surface area contributed by atoms with Crippen molar-refractivity contribution >= 4 is 11.6 Å². The summed E-state index contributed by atoms with van der Waals surface area (Å²) in [5, 5.41) is 12.9. The van der Waals surface area contributed by atoms with Gasteiger partial charge in [0.15, 0.2) is 0 Å². The van der Waals surface area contributed by atoms with Crippen LogP contribution in [0.5, 0.6) is 0 Å². The van der Waals surface area contributed by atoms with Gasteiger partial charge in [-0.2, -0.15) is 5.10 Å². The van der Waals surface area contributed by atoms with Crippen molar-refractivity contribution < 1.29 is 4.79 Å². The van der Waals surface area contributed by atoms with Crippen LogP contribution in [0.1, 0.15) is 26.7 Å². The molecule has 21 heavy (non-hydrogen) atoms. The smallest absolute Gasteiger partial charge is 0.269 e.